The first-order chi connectivity index (χ1) is 36.2. The lowest BCUT2D eigenvalue weighted by Crippen LogP contribution is -2.75. The highest BCUT2D eigenvalue weighted by Crippen LogP contribution is 2.42. The van der Waals surface area contributed by atoms with Crippen molar-refractivity contribution in [3.8, 4) is 0 Å². The summed E-state index contributed by atoms with van der Waals surface area (Å²) >= 11 is 0. The minimum absolute atomic E-state index is 0.391. The number of pyridine rings is 1. The lowest BCUT2D eigenvalue weighted by atomic mass is 9.12. The molecule has 8 rings (SSSR count). The molecular weight excluding hydrogens is 1120 g/mol. The Morgan fingerprint density at radius 1 is 0.329 bits per heavy atom. The molecule has 1 atom stereocenters. The number of halogens is 24. The maximum absolute atomic E-state index is 14.2. The number of benzene rings is 6. The largest absolute Gasteiger partial charge is 0.416 e. The van der Waals surface area contributed by atoms with E-state index in [1.165, 1.54) is 22.3 Å². The van der Waals surface area contributed by atoms with Crippen molar-refractivity contribution in [2.75, 3.05) is 0 Å². The Kier molecular flexibility index (Phi) is 15.5. The van der Waals surface area contributed by atoms with Gasteiger partial charge in [0.2, 0.25) is 0 Å². The Labute approximate surface area is 430 Å². The van der Waals surface area contributed by atoms with Crippen LogP contribution >= 0.6 is 0 Å². The molecule has 79 heavy (non-hydrogen) atoms. The topological polar surface area (TPSA) is 3.88 Å². The molecule has 1 aliphatic rings. The van der Waals surface area contributed by atoms with Crippen molar-refractivity contribution < 1.29 is 110 Å². The van der Waals surface area contributed by atoms with Gasteiger partial charge in [0.05, 0.1) is 44.5 Å². The summed E-state index contributed by atoms with van der Waals surface area (Å²) in [4.78, 5) is 0. The van der Waals surface area contributed by atoms with Gasteiger partial charge >= 0.3 is 49.4 Å². The third kappa shape index (κ3) is 13.2. The Bertz CT molecular complexity index is 2920. The van der Waals surface area contributed by atoms with E-state index < -0.39 is 195 Å². The number of fused-ring (bicyclic) bond motifs is 1. The molecule has 1 aliphatic carbocycles. The fourth-order valence-corrected chi connectivity index (χ4v) is 9.19. The molecule has 1 nitrogen and oxygen atoms in total. The number of rotatable bonds is 7. The first-order valence-electron chi connectivity index (χ1n) is 22.3. The summed E-state index contributed by atoms with van der Waals surface area (Å²) in [5, 5.41) is 0. The molecule has 1 heterocycles. The Morgan fingerprint density at radius 2 is 0.608 bits per heavy atom. The molecule has 0 fully saturated rings. The van der Waals surface area contributed by atoms with Crippen LogP contribution in [0.15, 0.2) is 158 Å². The lowest BCUT2D eigenvalue weighted by molar-refractivity contribution is -0.688. The Morgan fingerprint density at radius 3 is 0.899 bits per heavy atom. The third-order valence-electron chi connectivity index (χ3n) is 12.7. The SMILES string of the molecule is C1=CC(c2cc[n+](Cc3ccccc3)cc2)c2ccccc21.FC(F)(F)c1cc([B-](c2cc(C(F)(F)F)cc(C(F)(F)F)c2)(c2cc(C(F)(F)F)cc(C(F)(F)F)c2)c2cc(C(F)(F)F)cc(C(F)(F)F)c2)cc(C(F)(F)F)c1. The van der Waals surface area contributed by atoms with Crippen molar-refractivity contribution in [2.24, 2.45) is 0 Å². The minimum atomic E-state index is -6.13. The summed E-state index contributed by atoms with van der Waals surface area (Å²) in [6, 6.07) is 14.9. The second kappa shape index (κ2) is 20.7. The van der Waals surface area contributed by atoms with Crippen LogP contribution in [-0.2, 0) is 56.0 Å². The molecule has 0 radical (unpaired) electrons. The van der Waals surface area contributed by atoms with Gasteiger partial charge in [-0.15, -0.1) is 0 Å². The minimum Gasteiger partial charge on any atom is -0.201 e. The van der Waals surface area contributed by atoms with E-state index in [9.17, 15) is 105 Å². The molecule has 6 aromatic carbocycles. The number of hydrogen-bond donors (Lipinski definition) is 0. The molecule has 0 N–H and O–H groups in total. The van der Waals surface area contributed by atoms with Crippen molar-refractivity contribution in [2.45, 2.75) is 61.9 Å². The monoisotopic (exact) mass is 1150 g/mol. The molecule has 26 heteroatoms. The average Bonchev–Trinajstić information content (AvgIpc) is 3.78. The van der Waals surface area contributed by atoms with Crippen molar-refractivity contribution in [3.63, 3.8) is 0 Å². The van der Waals surface area contributed by atoms with Gasteiger partial charge < -0.3 is 0 Å². The van der Waals surface area contributed by atoms with Gasteiger partial charge in [0.15, 0.2) is 18.9 Å². The van der Waals surface area contributed by atoms with Crippen molar-refractivity contribution in [1.29, 1.82) is 0 Å². The fraction of sp³-hybridized carbons (Fsp3) is 0.189. The zero-order chi connectivity index (χ0) is 58.7. The molecule has 1 aromatic heterocycles. The van der Waals surface area contributed by atoms with Crippen LogP contribution in [0.25, 0.3) is 6.08 Å². The molecule has 0 amide bonds. The second-order valence-corrected chi connectivity index (χ2v) is 18.0. The summed E-state index contributed by atoms with van der Waals surface area (Å²) in [6.45, 7) is 0.915. The molecule has 0 aliphatic heterocycles. The van der Waals surface area contributed by atoms with Gasteiger partial charge in [0.25, 0.3) is 0 Å². The van der Waals surface area contributed by atoms with Crippen LogP contribution in [0.5, 0.6) is 0 Å². The van der Waals surface area contributed by atoms with E-state index in [0.717, 1.165) is 6.54 Å². The highest BCUT2D eigenvalue weighted by Gasteiger charge is 2.47. The number of allylic oxidation sites excluding steroid dienone is 1. The molecule has 0 bridgehead atoms. The molecule has 0 saturated carbocycles. The van der Waals surface area contributed by atoms with Crippen LogP contribution in [0, 0.1) is 0 Å². The van der Waals surface area contributed by atoms with Gasteiger partial charge in [-0.1, -0.05) is 115 Å². The van der Waals surface area contributed by atoms with Gasteiger partial charge in [-0.2, -0.15) is 127 Å². The van der Waals surface area contributed by atoms with Crippen LogP contribution < -0.4 is 26.4 Å². The zero-order valence-corrected chi connectivity index (χ0v) is 39.0. The van der Waals surface area contributed by atoms with E-state index in [4.69, 9.17) is 0 Å². The predicted molar refractivity (Wildman–Crippen MR) is 240 cm³/mol. The van der Waals surface area contributed by atoms with Crippen LogP contribution in [0.2, 0.25) is 0 Å². The fourth-order valence-electron chi connectivity index (χ4n) is 9.19. The summed E-state index contributed by atoms with van der Waals surface area (Å²) < 4.78 is 343. The molecule has 7 aromatic rings. The lowest BCUT2D eigenvalue weighted by Gasteiger charge is -2.46. The molecule has 0 spiro atoms. The first-order valence-corrected chi connectivity index (χ1v) is 22.3. The maximum Gasteiger partial charge on any atom is 0.416 e. The number of aromatic nitrogens is 1. The van der Waals surface area contributed by atoms with E-state index >= 15 is 0 Å². The predicted octanol–water partition coefficient (Wildman–Crippen LogP) is 15.4. The zero-order valence-electron chi connectivity index (χ0n) is 39.0. The molecular formula is C53H30BF24N. The third-order valence-corrected chi connectivity index (χ3v) is 12.7. The van der Waals surface area contributed by atoms with Gasteiger partial charge in [0, 0.05) is 23.6 Å². The van der Waals surface area contributed by atoms with Crippen LogP contribution in [0.4, 0.5) is 105 Å². The number of alkyl halides is 24. The van der Waals surface area contributed by atoms with E-state index in [0.29, 0.717) is 5.92 Å². The quantitative estimate of drug-likeness (QED) is 0.0851. The second-order valence-electron chi connectivity index (χ2n) is 18.0. The standard InChI is InChI=1S/C32H12BF24.C21H18N/c34-25(35,36)13-1-14(26(37,38)39)6-21(5-13)33(22-7-15(27(40,41)42)2-16(8-22)28(43,44)45,23-9-17(29(46,47)48)3-18(10-23)30(49,50)51)24-11-19(31(52,53)54)4-20(12-24)32(55,56)57;1-2-6-17(7-3-1)16-22-14-12-19(13-15-22)21-11-10-18-8-4-5-9-20(18)21/h1-12H;1-15,21H,16H2/q-1;+1. The highest BCUT2D eigenvalue weighted by molar-refractivity contribution is 7.20. The number of hydrogen-bond acceptors (Lipinski definition) is 0. The average molecular weight is 1150 g/mol. The van der Waals surface area contributed by atoms with Crippen LogP contribution in [0.1, 0.15) is 72.7 Å². The molecule has 1 unspecified atom stereocenters. The molecule has 0 saturated heterocycles. The molecule has 418 valence electrons. The van der Waals surface area contributed by atoms with E-state index in [2.05, 4.69) is 95.8 Å². The van der Waals surface area contributed by atoms with E-state index in [-0.39, 0.29) is 0 Å². The highest BCUT2D eigenvalue weighted by atomic mass is 19.4. The van der Waals surface area contributed by atoms with E-state index in [1.807, 2.05) is 0 Å². The van der Waals surface area contributed by atoms with Crippen molar-refractivity contribution >= 4 is 34.1 Å². The first kappa shape index (κ1) is 59.3. The summed E-state index contributed by atoms with van der Waals surface area (Å²) in [5.74, 6) is 0.391. The van der Waals surface area contributed by atoms with Crippen molar-refractivity contribution in [1.82, 2.24) is 0 Å². The normalized spacial score (nSPS) is 14.7. The van der Waals surface area contributed by atoms with Crippen LogP contribution in [0.3, 0.4) is 0 Å². The van der Waals surface area contributed by atoms with Gasteiger partial charge in [-0.25, -0.2) is 4.57 Å². The smallest absolute Gasteiger partial charge is 0.201 e. The van der Waals surface area contributed by atoms with Crippen molar-refractivity contribution in [3.05, 3.63) is 225 Å². The maximum atomic E-state index is 14.2. The Hall–Kier alpha value is -7.41. The van der Waals surface area contributed by atoms with Gasteiger partial charge in [-0.05, 0) is 41.0 Å². The van der Waals surface area contributed by atoms with Crippen LogP contribution in [-0.4, -0.2) is 6.15 Å². The van der Waals surface area contributed by atoms with E-state index in [1.54, 1.807) is 0 Å². The number of nitrogens with zero attached hydrogens (tertiary/aromatic N) is 1. The summed E-state index contributed by atoms with van der Waals surface area (Å²) in [6.07, 6.45) is -45.9. The van der Waals surface area contributed by atoms with Gasteiger partial charge in [0.1, 0.15) is 6.15 Å². The van der Waals surface area contributed by atoms with Gasteiger partial charge in [-0.3, -0.25) is 0 Å². The summed E-state index contributed by atoms with van der Waals surface area (Å²) in [5.41, 5.74) is -24.8. The summed E-state index contributed by atoms with van der Waals surface area (Å²) in [7, 11) is 0. The Balaban J connectivity index is 0.000000336.